The number of nitrogens with one attached hydrogen (secondary N) is 1. The third kappa shape index (κ3) is 8.79. The highest BCUT2D eigenvalue weighted by atomic mass is 16.5. The first-order valence-corrected chi connectivity index (χ1v) is 11.2. The molecule has 0 heterocycles. The summed E-state index contributed by atoms with van der Waals surface area (Å²) in [5.41, 5.74) is 6.84. The Balaban J connectivity index is 1.59. The Kier molecular flexibility index (Phi) is 9.48. The van der Waals surface area contributed by atoms with Crippen molar-refractivity contribution in [2.45, 2.75) is 44.8 Å². The number of primary amides is 1. The molecule has 0 spiro atoms. The monoisotopic (exact) mass is 446 g/mol. The molecule has 0 aromatic heterocycles. The van der Waals surface area contributed by atoms with Crippen molar-refractivity contribution in [2.24, 2.45) is 5.73 Å². The van der Waals surface area contributed by atoms with Crippen LogP contribution in [-0.4, -0.2) is 17.9 Å². The number of rotatable bonds is 13. The van der Waals surface area contributed by atoms with E-state index in [4.69, 9.17) is 15.2 Å². The van der Waals surface area contributed by atoms with E-state index in [1.54, 1.807) is 0 Å². The molecular weight excluding hydrogens is 416 g/mol. The molecule has 0 fully saturated rings. The molecule has 6 nitrogen and oxygen atoms in total. The molecule has 3 aromatic carbocycles. The number of carbonyl (C=O) groups excluding carboxylic acids is 2. The van der Waals surface area contributed by atoms with Crippen LogP contribution in [0.1, 0.15) is 37.7 Å². The number of hydrogen-bond donors (Lipinski definition) is 2. The highest BCUT2D eigenvalue weighted by molar-refractivity contribution is 5.94. The Bertz CT molecular complexity index is 1010. The third-order valence-electron chi connectivity index (χ3n) is 5.05. The van der Waals surface area contributed by atoms with E-state index in [0.717, 1.165) is 29.8 Å². The molecule has 172 valence electrons. The predicted octanol–water partition coefficient (Wildman–Crippen LogP) is 5.44. The van der Waals surface area contributed by atoms with Crippen LogP contribution in [0, 0.1) is 0 Å². The number of unbranched alkanes of at least 4 members (excludes halogenated alkanes) is 2. The van der Waals surface area contributed by atoms with E-state index in [-0.39, 0.29) is 18.4 Å². The summed E-state index contributed by atoms with van der Waals surface area (Å²) >= 11 is 0. The Hall–Kier alpha value is -3.64. The maximum atomic E-state index is 12.9. The topological polar surface area (TPSA) is 90.7 Å². The Morgan fingerprint density at radius 1 is 0.818 bits per heavy atom. The minimum absolute atomic E-state index is 0.187. The largest absolute Gasteiger partial charge is 0.457 e. The van der Waals surface area contributed by atoms with Gasteiger partial charge in [0.2, 0.25) is 5.91 Å². The molecular formula is C27H30N2O4. The van der Waals surface area contributed by atoms with Crippen molar-refractivity contribution in [3.63, 3.8) is 0 Å². The smallest absolute Gasteiger partial charge is 0.253 e. The van der Waals surface area contributed by atoms with Gasteiger partial charge in [-0.3, -0.25) is 9.59 Å². The summed E-state index contributed by atoms with van der Waals surface area (Å²) in [6.07, 6.45) is 2.57. The van der Waals surface area contributed by atoms with Gasteiger partial charge in [0.25, 0.3) is 5.91 Å². The summed E-state index contributed by atoms with van der Waals surface area (Å²) in [4.78, 5) is 23.8. The van der Waals surface area contributed by atoms with Crippen LogP contribution in [0.4, 0.5) is 5.69 Å². The van der Waals surface area contributed by atoms with E-state index in [1.807, 2.05) is 84.9 Å². The molecule has 6 heteroatoms. The van der Waals surface area contributed by atoms with Crippen molar-refractivity contribution in [3.8, 4) is 11.5 Å². The molecule has 3 rings (SSSR count). The lowest BCUT2D eigenvalue weighted by Gasteiger charge is -2.18. The van der Waals surface area contributed by atoms with Crippen LogP contribution >= 0.6 is 0 Å². The molecule has 0 aliphatic carbocycles. The zero-order valence-electron chi connectivity index (χ0n) is 18.6. The van der Waals surface area contributed by atoms with Gasteiger partial charge in [0.1, 0.15) is 17.6 Å². The highest BCUT2D eigenvalue weighted by Crippen LogP contribution is 2.23. The first-order valence-electron chi connectivity index (χ1n) is 11.2. The Labute approximate surface area is 194 Å². The lowest BCUT2D eigenvalue weighted by atomic mass is 10.1. The fourth-order valence-corrected chi connectivity index (χ4v) is 3.36. The van der Waals surface area contributed by atoms with Crippen LogP contribution in [0.15, 0.2) is 84.9 Å². The van der Waals surface area contributed by atoms with E-state index in [0.29, 0.717) is 25.0 Å². The summed E-state index contributed by atoms with van der Waals surface area (Å²) in [5.74, 6) is 0.973. The van der Waals surface area contributed by atoms with Crippen LogP contribution in [-0.2, 0) is 20.9 Å². The van der Waals surface area contributed by atoms with Gasteiger partial charge in [0.15, 0.2) is 0 Å². The predicted molar refractivity (Wildman–Crippen MR) is 129 cm³/mol. The normalized spacial score (nSPS) is 11.5. The van der Waals surface area contributed by atoms with Gasteiger partial charge < -0.3 is 20.5 Å². The molecule has 0 aliphatic rings. The van der Waals surface area contributed by atoms with Crippen molar-refractivity contribution in [3.05, 3.63) is 90.5 Å². The van der Waals surface area contributed by atoms with Crippen LogP contribution < -0.4 is 15.8 Å². The minimum Gasteiger partial charge on any atom is -0.457 e. The van der Waals surface area contributed by atoms with Crippen molar-refractivity contribution in [1.82, 2.24) is 0 Å². The molecule has 3 aromatic rings. The van der Waals surface area contributed by atoms with E-state index in [9.17, 15) is 9.59 Å². The second-order valence-electron chi connectivity index (χ2n) is 7.78. The molecule has 0 radical (unpaired) electrons. The SMILES string of the molecule is NC(=O)CCCCCC(OCc1cccc(Oc2ccccc2)c1)C(=O)Nc1ccccc1. The number of anilines is 1. The summed E-state index contributed by atoms with van der Waals surface area (Å²) < 4.78 is 11.9. The molecule has 0 saturated carbocycles. The molecule has 33 heavy (non-hydrogen) atoms. The number of carbonyl (C=O) groups is 2. The van der Waals surface area contributed by atoms with Gasteiger partial charge in [-0.05, 0) is 54.8 Å². The van der Waals surface area contributed by atoms with E-state index in [2.05, 4.69) is 5.32 Å². The van der Waals surface area contributed by atoms with Gasteiger partial charge in [-0.25, -0.2) is 0 Å². The number of para-hydroxylation sites is 2. The van der Waals surface area contributed by atoms with Gasteiger partial charge in [0.05, 0.1) is 6.61 Å². The van der Waals surface area contributed by atoms with E-state index in [1.165, 1.54) is 0 Å². The number of ether oxygens (including phenoxy) is 2. The Morgan fingerprint density at radius 3 is 2.24 bits per heavy atom. The average Bonchev–Trinajstić information content (AvgIpc) is 2.82. The number of amides is 2. The first-order chi connectivity index (χ1) is 16.1. The maximum Gasteiger partial charge on any atom is 0.253 e. The van der Waals surface area contributed by atoms with Crippen molar-refractivity contribution < 1.29 is 19.1 Å². The number of benzene rings is 3. The van der Waals surface area contributed by atoms with Gasteiger partial charge in [-0.15, -0.1) is 0 Å². The van der Waals surface area contributed by atoms with Gasteiger partial charge >= 0.3 is 0 Å². The average molecular weight is 447 g/mol. The van der Waals surface area contributed by atoms with Gasteiger partial charge in [0, 0.05) is 12.1 Å². The van der Waals surface area contributed by atoms with Crippen LogP contribution in [0.5, 0.6) is 11.5 Å². The van der Waals surface area contributed by atoms with Crippen LogP contribution in [0.3, 0.4) is 0 Å². The van der Waals surface area contributed by atoms with Crippen molar-refractivity contribution in [2.75, 3.05) is 5.32 Å². The first kappa shape index (κ1) is 24.0. The van der Waals surface area contributed by atoms with Gasteiger partial charge in [-0.2, -0.15) is 0 Å². The zero-order valence-corrected chi connectivity index (χ0v) is 18.6. The van der Waals surface area contributed by atoms with Crippen LogP contribution in [0.25, 0.3) is 0 Å². The third-order valence-corrected chi connectivity index (χ3v) is 5.05. The van der Waals surface area contributed by atoms with E-state index < -0.39 is 6.10 Å². The van der Waals surface area contributed by atoms with Gasteiger partial charge in [-0.1, -0.05) is 61.4 Å². The molecule has 1 unspecified atom stereocenters. The second kappa shape index (κ2) is 13.0. The standard InChI is InChI=1S/C27H30N2O4/c28-26(30)18-9-3-8-17-25(27(31)29-22-12-4-1-5-13-22)32-20-21-11-10-16-24(19-21)33-23-14-6-2-7-15-23/h1-2,4-7,10-16,19,25H,3,8-9,17-18,20H2,(H2,28,30)(H,29,31). The molecule has 2 amide bonds. The van der Waals surface area contributed by atoms with Crippen LogP contribution in [0.2, 0.25) is 0 Å². The molecule has 0 saturated heterocycles. The summed E-state index contributed by atoms with van der Waals surface area (Å²) in [6, 6.07) is 26.5. The zero-order chi connectivity index (χ0) is 23.3. The summed E-state index contributed by atoms with van der Waals surface area (Å²) in [5, 5.41) is 2.92. The Morgan fingerprint density at radius 2 is 1.52 bits per heavy atom. The molecule has 1 atom stereocenters. The number of nitrogens with two attached hydrogens (primary N) is 1. The summed E-state index contributed by atoms with van der Waals surface area (Å²) in [6.45, 7) is 0.278. The molecule has 3 N–H and O–H groups in total. The lowest BCUT2D eigenvalue weighted by molar-refractivity contribution is -0.128. The fourth-order valence-electron chi connectivity index (χ4n) is 3.36. The lowest BCUT2D eigenvalue weighted by Crippen LogP contribution is -2.30. The molecule has 0 bridgehead atoms. The van der Waals surface area contributed by atoms with Crippen molar-refractivity contribution >= 4 is 17.5 Å². The molecule has 0 aliphatic heterocycles. The van der Waals surface area contributed by atoms with E-state index >= 15 is 0 Å². The maximum absolute atomic E-state index is 12.9. The fraction of sp³-hybridized carbons (Fsp3) is 0.259. The number of hydrogen-bond acceptors (Lipinski definition) is 4. The summed E-state index contributed by atoms with van der Waals surface area (Å²) in [7, 11) is 0. The highest BCUT2D eigenvalue weighted by Gasteiger charge is 2.19. The minimum atomic E-state index is -0.613. The quantitative estimate of drug-likeness (QED) is 0.342. The second-order valence-corrected chi connectivity index (χ2v) is 7.78. The van der Waals surface area contributed by atoms with Crippen molar-refractivity contribution in [1.29, 1.82) is 0 Å².